The zero-order valence-corrected chi connectivity index (χ0v) is 21.6. The van der Waals surface area contributed by atoms with Crippen molar-refractivity contribution >= 4 is 22.5 Å². The van der Waals surface area contributed by atoms with Gasteiger partial charge in [0, 0.05) is 43.7 Å². The molecule has 1 saturated heterocycles. The molecule has 1 fully saturated rings. The van der Waals surface area contributed by atoms with E-state index in [1.54, 1.807) is 29.2 Å². The van der Waals surface area contributed by atoms with Crippen molar-refractivity contribution in [2.24, 2.45) is 0 Å². The fraction of sp³-hybridized carbons (Fsp3) is 0.241. The van der Waals surface area contributed by atoms with Crippen LogP contribution in [-0.2, 0) is 12.7 Å². The second kappa shape index (κ2) is 10.2. The van der Waals surface area contributed by atoms with E-state index >= 15 is 0 Å². The summed E-state index contributed by atoms with van der Waals surface area (Å²) in [5.41, 5.74) is 1.32. The maximum Gasteiger partial charge on any atom is 0.433 e. The first-order chi connectivity index (χ1) is 19.3. The summed E-state index contributed by atoms with van der Waals surface area (Å²) in [5, 5.41) is 4.98. The number of hydrogen-bond donors (Lipinski definition) is 0. The monoisotopic (exact) mass is 546 g/mol. The Morgan fingerprint density at radius 2 is 1.70 bits per heavy atom. The standard InChI is InChI=1S/C29H25F3N6O2/c1-40-22-10-7-20(8-11-22)25-16-26(29(30,31)32)38-27(35-25)23(17-33-38)28(39)37-14-12-36(13-15-37)18-21-9-6-19-4-2-3-5-24(19)34-21/h2-11,16-17H,12-15,18H2,1H3. The zero-order chi connectivity index (χ0) is 27.9. The zero-order valence-electron chi connectivity index (χ0n) is 21.6. The number of carbonyl (C=O) groups excluding carboxylic acids is 1. The van der Waals surface area contributed by atoms with Gasteiger partial charge in [0.25, 0.3) is 5.91 Å². The number of rotatable bonds is 5. The number of benzene rings is 2. The van der Waals surface area contributed by atoms with Gasteiger partial charge in [0.1, 0.15) is 11.3 Å². The number of hydrogen-bond acceptors (Lipinski definition) is 6. The van der Waals surface area contributed by atoms with Crippen LogP contribution in [0.2, 0.25) is 0 Å². The molecule has 0 aliphatic carbocycles. The van der Waals surface area contributed by atoms with Crippen molar-refractivity contribution in [3.8, 4) is 17.0 Å². The van der Waals surface area contributed by atoms with Crippen molar-refractivity contribution < 1.29 is 22.7 Å². The minimum Gasteiger partial charge on any atom is -0.497 e. The minimum absolute atomic E-state index is 0.0329. The molecule has 204 valence electrons. The van der Waals surface area contributed by atoms with E-state index in [-0.39, 0.29) is 16.9 Å². The molecule has 5 aromatic rings. The number of aromatic nitrogens is 4. The fourth-order valence-corrected chi connectivity index (χ4v) is 4.93. The van der Waals surface area contributed by atoms with Crippen LogP contribution in [0, 0.1) is 0 Å². The molecule has 0 atom stereocenters. The number of para-hydroxylation sites is 1. The van der Waals surface area contributed by atoms with Crippen LogP contribution >= 0.6 is 0 Å². The molecule has 0 unspecified atom stereocenters. The molecule has 6 rings (SSSR count). The van der Waals surface area contributed by atoms with Gasteiger partial charge in [0.2, 0.25) is 0 Å². The van der Waals surface area contributed by atoms with Crippen LogP contribution in [0.1, 0.15) is 21.7 Å². The highest BCUT2D eigenvalue weighted by Crippen LogP contribution is 2.33. The number of pyridine rings is 1. The Kier molecular flexibility index (Phi) is 6.59. The summed E-state index contributed by atoms with van der Waals surface area (Å²) < 4.78 is 47.8. The fourth-order valence-electron chi connectivity index (χ4n) is 4.93. The van der Waals surface area contributed by atoms with Gasteiger partial charge in [0.05, 0.1) is 30.2 Å². The van der Waals surface area contributed by atoms with E-state index in [0.717, 1.165) is 22.7 Å². The average Bonchev–Trinajstić information content (AvgIpc) is 3.40. The second-order valence-electron chi connectivity index (χ2n) is 9.61. The van der Waals surface area contributed by atoms with E-state index in [1.807, 2.05) is 36.4 Å². The van der Waals surface area contributed by atoms with E-state index in [9.17, 15) is 18.0 Å². The van der Waals surface area contributed by atoms with Gasteiger partial charge in [-0.3, -0.25) is 14.7 Å². The molecule has 1 aliphatic heterocycles. The quantitative estimate of drug-likeness (QED) is 0.311. The molecule has 1 aliphatic rings. The van der Waals surface area contributed by atoms with Crippen LogP contribution in [0.5, 0.6) is 5.75 Å². The SMILES string of the molecule is COc1ccc(-c2cc(C(F)(F)F)n3ncc(C(=O)N4CCN(Cc5ccc6ccccc6n5)CC4)c3n2)cc1. The van der Waals surface area contributed by atoms with E-state index in [0.29, 0.717) is 48.6 Å². The van der Waals surface area contributed by atoms with Gasteiger partial charge in [-0.1, -0.05) is 24.3 Å². The van der Waals surface area contributed by atoms with Crippen molar-refractivity contribution in [3.05, 3.63) is 89.9 Å². The molecular formula is C29H25F3N6O2. The van der Waals surface area contributed by atoms with Crippen molar-refractivity contribution in [1.82, 2.24) is 29.4 Å². The molecule has 1 amide bonds. The maximum absolute atomic E-state index is 14.0. The van der Waals surface area contributed by atoms with Gasteiger partial charge < -0.3 is 9.64 Å². The van der Waals surface area contributed by atoms with Gasteiger partial charge in [-0.15, -0.1) is 0 Å². The molecule has 40 heavy (non-hydrogen) atoms. The highest BCUT2D eigenvalue weighted by molar-refractivity contribution is 6.00. The lowest BCUT2D eigenvalue weighted by Crippen LogP contribution is -2.48. The van der Waals surface area contributed by atoms with E-state index in [4.69, 9.17) is 9.72 Å². The molecule has 3 aromatic heterocycles. The average molecular weight is 547 g/mol. The molecule has 4 heterocycles. The van der Waals surface area contributed by atoms with Crippen LogP contribution in [0.25, 0.3) is 27.8 Å². The van der Waals surface area contributed by atoms with E-state index in [1.165, 1.54) is 13.3 Å². The van der Waals surface area contributed by atoms with Crippen molar-refractivity contribution in [1.29, 1.82) is 0 Å². The number of halogens is 3. The lowest BCUT2D eigenvalue weighted by Gasteiger charge is -2.34. The van der Waals surface area contributed by atoms with Crippen LogP contribution in [0.4, 0.5) is 13.2 Å². The normalized spacial score (nSPS) is 14.7. The largest absolute Gasteiger partial charge is 0.497 e. The van der Waals surface area contributed by atoms with Gasteiger partial charge in [-0.05, 0) is 42.5 Å². The predicted molar refractivity (Wildman–Crippen MR) is 143 cm³/mol. The topological polar surface area (TPSA) is 75.9 Å². The first-order valence-corrected chi connectivity index (χ1v) is 12.8. The third-order valence-electron chi connectivity index (χ3n) is 7.08. The van der Waals surface area contributed by atoms with Crippen molar-refractivity contribution in [3.63, 3.8) is 0 Å². The second-order valence-corrected chi connectivity index (χ2v) is 9.61. The molecule has 8 nitrogen and oxygen atoms in total. The summed E-state index contributed by atoms with van der Waals surface area (Å²) in [6.45, 7) is 2.71. The maximum atomic E-state index is 14.0. The first-order valence-electron chi connectivity index (χ1n) is 12.8. The van der Waals surface area contributed by atoms with E-state index in [2.05, 4.69) is 15.0 Å². The lowest BCUT2D eigenvalue weighted by molar-refractivity contribution is -0.142. The third-order valence-corrected chi connectivity index (χ3v) is 7.08. The molecule has 0 spiro atoms. The van der Waals surface area contributed by atoms with Crippen molar-refractivity contribution in [2.75, 3.05) is 33.3 Å². The highest BCUT2D eigenvalue weighted by atomic mass is 19.4. The minimum atomic E-state index is -4.70. The Bertz CT molecular complexity index is 1690. The Labute approximate surface area is 227 Å². The summed E-state index contributed by atoms with van der Waals surface area (Å²) >= 11 is 0. The Hall–Kier alpha value is -4.51. The molecule has 2 aromatic carbocycles. The van der Waals surface area contributed by atoms with Gasteiger partial charge in [0.15, 0.2) is 11.3 Å². The van der Waals surface area contributed by atoms with Crippen LogP contribution in [0.3, 0.4) is 0 Å². The van der Waals surface area contributed by atoms with Gasteiger partial charge in [-0.25, -0.2) is 9.50 Å². The Morgan fingerprint density at radius 1 is 0.950 bits per heavy atom. The first kappa shape index (κ1) is 25.8. The van der Waals surface area contributed by atoms with E-state index < -0.39 is 17.8 Å². The van der Waals surface area contributed by atoms with Gasteiger partial charge >= 0.3 is 6.18 Å². The smallest absolute Gasteiger partial charge is 0.433 e. The number of alkyl halides is 3. The molecule has 0 bridgehead atoms. The Morgan fingerprint density at radius 3 is 2.42 bits per heavy atom. The van der Waals surface area contributed by atoms with Crippen molar-refractivity contribution in [2.45, 2.75) is 12.7 Å². The molecular weight excluding hydrogens is 521 g/mol. The number of nitrogens with zero attached hydrogens (tertiary/aromatic N) is 6. The molecule has 0 saturated carbocycles. The van der Waals surface area contributed by atoms with Gasteiger partial charge in [-0.2, -0.15) is 18.3 Å². The highest BCUT2D eigenvalue weighted by Gasteiger charge is 2.36. The Balaban J connectivity index is 1.23. The summed E-state index contributed by atoms with van der Waals surface area (Å²) in [6, 6.07) is 19.4. The van der Waals surface area contributed by atoms with Crippen LogP contribution < -0.4 is 4.74 Å². The van der Waals surface area contributed by atoms with Crippen LogP contribution in [0.15, 0.2) is 72.9 Å². The number of amides is 1. The third kappa shape index (κ3) is 4.95. The molecule has 0 N–H and O–H groups in total. The molecule has 11 heteroatoms. The number of methoxy groups -OCH3 is 1. The number of carbonyl (C=O) groups is 1. The number of piperazine rings is 1. The number of fused-ring (bicyclic) bond motifs is 2. The van der Waals surface area contributed by atoms with Crippen LogP contribution in [-0.4, -0.2) is 68.6 Å². The lowest BCUT2D eigenvalue weighted by atomic mass is 10.1. The number of ether oxygens (including phenoxy) is 1. The predicted octanol–water partition coefficient (Wildman–Crippen LogP) is 4.93. The summed E-state index contributed by atoms with van der Waals surface area (Å²) in [6.07, 6.45) is -3.53. The summed E-state index contributed by atoms with van der Waals surface area (Å²) in [5.74, 6) is 0.169. The summed E-state index contributed by atoms with van der Waals surface area (Å²) in [4.78, 5) is 26.5. The molecule has 0 radical (unpaired) electrons. The summed E-state index contributed by atoms with van der Waals surface area (Å²) in [7, 11) is 1.51.